The van der Waals surface area contributed by atoms with Crippen LogP contribution in [0.5, 0.6) is 0 Å². The number of rotatable bonds is 8. The van der Waals surface area contributed by atoms with E-state index in [2.05, 4.69) is 180 Å². The van der Waals surface area contributed by atoms with Crippen molar-refractivity contribution in [3.8, 4) is 11.1 Å². The average Bonchev–Trinajstić information content (AvgIpc) is 1.71. The highest BCUT2D eigenvalue weighted by molar-refractivity contribution is 9.10. The fourth-order valence-corrected chi connectivity index (χ4v) is 20.0. The Morgan fingerprint density at radius 3 is 1.28 bits per heavy atom. The highest BCUT2D eigenvalue weighted by atomic mass is 79.9. The highest BCUT2D eigenvalue weighted by Gasteiger charge is 2.51. The number of pyridine rings is 2. The molecule has 7 heterocycles. The van der Waals surface area contributed by atoms with Gasteiger partial charge in [-0.1, -0.05) is 212 Å². The summed E-state index contributed by atoms with van der Waals surface area (Å²) < 4.78 is 49.9. The van der Waals surface area contributed by atoms with Crippen LogP contribution in [0.1, 0.15) is 27.7 Å². The Labute approximate surface area is 538 Å². The lowest BCUT2D eigenvalue weighted by atomic mass is 9.78. The van der Waals surface area contributed by atoms with Crippen molar-refractivity contribution in [2.45, 2.75) is 38.9 Å². The molecule has 1 saturated heterocycles. The van der Waals surface area contributed by atoms with E-state index in [1.54, 1.807) is 22.7 Å². The molecule has 90 heavy (non-hydrogen) atoms. The molecule has 0 radical (unpaired) electrons. The number of benzene rings is 10. The maximum atomic E-state index is 14.8. The van der Waals surface area contributed by atoms with Gasteiger partial charge in [0.2, 0.25) is 0 Å². The van der Waals surface area contributed by atoms with Crippen molar-refractivity contribution in [1.29, 1.82) is 0 Å². The van der Waals surface area contributed by atoms with Gasteiger partial charge < -0.3 is 18.4 Å². The first-order valence-corrected chi connectivity index (χ1v) is 35.7. The predicted molar refractivity (Wildman–Crippen MR) is 385 cm³/mol. The van der Waals surface area contributed by atoms with Gasteiger partial charge in [-0.3, -0.25) is 8.80 Å². The smallest absolute Gasteiger partial charge is 0.399 e. The summed E-state index contributed by atoms with van der Waals surface area (Å²) in [7, 11) is -6.42. The van der Waals surface area contributed by atoms with Gasteiger partial charge in [-0.05, 0) is 136 Å². The lowest BCUT2D eigenvalue weighted by molar-refractivity contribution is 0.00578. The third-order valence-corrected chi connectivity index (χ3v) is 26.4. The van der Waals surface area contributed by atoms with E-state index >= 15 is 0 Å². The van der Waals surface area contributed by atoms with Crippen molar-refractivity contribution < 1.29 is 18.4 Å². The topological polar surface area (TPSA) is 87.2 Å². The van der Waals surface area contributed by atoms with E-state index in [1.165, 1.54) is 29.8 Å². The molecule has 1 aliphatic rings. The largest absolute Gasteiger partial charge is 0.494 e. The second-order valence-corrected chi connectivity index (χ2v) is 32.1. The molecule has 1 aliphatic heterocycles. The van der Waals surface area contributed by atoms with Crippen LogP contribution in [0.3, 0.4) is 0 Å². The first kappa shape index (κ1) is 57.9. The molecular formula is C76H58BBrN4O4P2S2. The van der Waals surface area contributed by atoms with E-state index < -0.39 is 21.4 Å². The number of imidazole rings is 2. The van der Waals surface area contributed by atoms with Gasteiger partial charge in [0.1, 0.15) is 32.0 Å². The third-order valence-electron chi connectivity index (χ3n) is 17.5. The number of aromatic nitrogens is 4. The molecule has 0 amide bonds. The van der Waals surface area contributed by atoms with Gasteiger partial charge in [-0.2, -0.15) is 0 Å². The Hall–Kier alpha value is -8.54. The van der Waals surface area contributed by atoms with Crippen molar-refractivity contribution in [2.75, 3.05) is 0 Å². The average molecular weight is 1310 g/mol. The van der Waals surface area contributed by atoms with E-state index in [1.807, 2.05) is 152 Å². The van der Waals surface area contributed by atoms with Crippen LogP contribution >= 0.6 is 52.9 Å². The fourth-order valence-electron chi connectivity index (χ4n) is 12.1. The molecule has 10 aromatic carbocycles. The minimum absolute atomic E-state index is 0.380. The zero-order valence-corrected chi connectivity index (χ0v) is 54.7. The molecule has 1 fully saturated rings. The molecule has 438 valence electrons. The third kappa shape index (κ3) is 10.3. The van der Waals surface area contributed by atoms with Gasteiger partial charge in [0, 0.05) is 68.9 Å². The van der Waals surface area contributed by atoms with Crippen molar-refractivity contribution in [3.05, 3.63) is 284 Å². The van der Waals surface area contributed by atoms with Crippen LogP contribution in [0.15, 0.2) is 284 Å². The molecule has 0 saturated carbocycles. The zero-order chi connectivity index (χ0) is 61.4. The Balaban J connectivity index is 0.000000121. The molecule has 0 N–H and O–H groups in total. The van der Waals surface area contributed by atoms with Crippen LogP contribution in [0.25, 0.3) is 84.8 Å². The summed E-state index contributed by atoms with van der Waals surface area (Å²) in [4.78, 5) is 12.0. The van der Waals surface area contributed by atoms with E-state index in [0.717, 1.165) is 96.8 Å². The molecule has 0 unspecified atom stereocenters. The summed E-state index contributed by atoms with van der Waals surface area (Å²) in [5, 5.41) is 11.8. The minimum atomic E-state index is -3.02. The molecule has 0 spiro atoms. The van der Waals surface area contributed by atoms with Crippen LogP contribution in [0, 0.1) is 0 Å². The van der Waals surface area contributed by atoms with E-state index in [0.29, 0.717) is 0 Å². The summed E-state index contributed by atoms with van der Waals surface area (Å²) in [6.45, 7) is 8.24. The van der Waals surface area contributed by atoms with Crippen molar-refractivity contribution in [2.24, 2.45) is 0 Å². The number of fused-ring (bicyclic) bond motifs is 12. The molecule has 6 aromatic heterocycles. The standard InChI is InChI=1S/C35H23N2OPS.C28H28BO3P.C13H7BrN2S/c38-39(28-9-3-1-4-10-28,29-11-5-2-6-12-29)30-19-17-24-21-25(15-16-26(24)22-30)27-18-20-33-36-34-31-13-7-8-14-32(31)40-35(34)37(33)23-27;1-27(2)28(3,4)32-29(31-27)23-17-15-22-20-26(18-16-21(22)19-23)33(30,24-11-7-5-8-12-24)25-13-9-6-10-14-25;14-8-5-6-11-15-12-9-3-1-2-4-10(9)17-13(12)16(11)7-8/h1-23H;5-20H,1-4H3;1-7H. The maximum Gasteiger partial charge on any atom is 0.494 e. The summed E-state index contributed by atoms with van der Waals surface area (Å²) in [5.41, 5.74) is 6.62. The SMILES string of the molecule is Brc1ccc2nc3c4ccccc4sc3n2c1.CC1(C)OB(c2ccc3cc(P(=O)(c4ccccc4)c4ccccc4)ccc3c2)OC1(C)C.O=P(c1ccccc1)(c1ccccc1)c1ccc2cc(-c3ccc4nc5c6ccccc6sc5n4c3)ccc2c1. The monoisotopic (exact) mass is 1310 g/mol. The summed E-state index contributed by atoms with van der Waals surface area (Å²) in [5.74, 6) is 0. The minimum Gasteiger partial charge on any atom is -0.399 e. The molecule has 17 rings (SSSR count). The Bertz CT molecular complexity index is 5400. The number of thiophene rings is 2. The van der Waals surface area contributed by atoms with Crippen molar-refractivity contribution in [1.82, 2.24) is 18.8 Å². The van der Waals surface area contributed by atoms with Crippen molar-refractivity contribution in [3.63, 3.8) is 0 Å². The van der Waals surface area contributed by atoms with E-state index in [4.69, 9.17) is 19.3 Å². The van der Waals surface area contributed by atoms with Crippen LogP contribution in [-0.2, 0) is 18.4 Å². The second-order valence-electron chi connectivity index (χ2n) is 23.6. The lowest BCUT2D eigenvalue weighted by Gasteiger charge is -2.32. The molecule has 16 aromatic rings. The normalized spacial score (nSPS) is 14.0. The zero-order valence-electron chi connectivity index (χ0n) is 49.6. The molecule has 14 heteroatoms. The molecule has 8 nitrogen and oxygen atoms in total. The Morgan fingerprint density at radius 1 is 0.400 bits per heavy atom. The molecule has 0 aliphatic carbocycles. The number of nitrogens with zero attached hydrogens (tertiary/aromatic N) is 4. The Kier molecular flexibility index (Phi) is 14.8. The summed E-state index contributed by atoms with van der Waals surface area (Å²) in [6, 6.07) is 89.4. The predicted octanol–water partition coefficient (Wildman–Crippen LogP) is 17.4. The lowest BCUT2D eigenvalue weighted by Crippen LogP contribution is -2.41. The van der Waals surface area contributed by atoms with Crippen LogP contribution in [0.4, 0.5) is 0 Å². The highest BCUT2D eigenvalue weighted by Crippen LogP contribution is 2.45. The number of hydrogen-bond donors (Lipinski definition) is 0. The van der Waals surface area contributed by atoms with Gasteiger partial charge in [0.15, 0.2) is 14.3 Å². The summed E-state index contributed by atoms with van der Waals surface area (Å²) >= 11 is 7.07. The summed E-state index contributed by atoms with van der Waals surface area (Å²) in [6.07, 6.45) is 4.26. The van der Waals surface area contributed by atoms with Gasteiger partial charge in [0.05, 0.1) is 11.2 Å². The van der Waals surface area contributed by atoms with Crippen LogP contribution in [0.2, 0.25) is 0 Å². The van der Waals surface area contributed by atoms with Gasteiger partial charge >= 0.3 is 7.12 Å². The van der Waals surface area contributed by atoms with E-state index in [9.17, 15) is 9.13 Å². The van der Waals surface area contributed by atoms with Gasteiger partial charge in [0.25, 0.3) is 0 Å². The van der Waals surface area contributed by atoms with Gasteiger partial charge in [-0.15, -0.1) is 22.7 Å². The first-order chi connectivity index (χ1) is 43.7. The molecule has 0 bridgehead atoms. The van der Waals surface area contributed by atoms with Crippen LogP contribution in [-0.4, -0.2) is 37.1 Å². The second kappa shape index (κ2) is 23.1. The molecular weight excluding hydrogens is 1250 g/mol. The molecule has 0 atom stereocenters. The number of halogens is 1. The maximum absolute atomic E-state index is 14.8. The Morgan fingerprint density at radius 2 is 0.789 bits per heavy atom. The van der Waals surface area contributed by atoms with Crippen LogP contribution < -0.4 is 37.3 Å². The quantitative estimate of drug-likeness (QED) is 0.111. The number of hydrogen-bond acceptors (Lipinski definition) is 8. The van der Waals surface area contributed by atoms with Crippen molar-refractivity contribution >= 4 is 171 Å². The van der Waals surface area contributed by atoms with E-state index in [-0.39, 0.29) is 11.2 Å². The fraction of sp³-hybridized carbons (Fsp3) is 0.0789. The first-order valence-electron chi connectivity index (χ1n) is 29.8. The van der Waals surface area contributed by atoms with Gasteiger partial charge in [-0.25, -0.2) is 9.97 Å².